The van der Waals surface area contributed by atoms with Crippen LogP contribution >= 0.6 is 11.6 Å². The zero-order valence-electron chi connectivity index (χ0n) is 11.2. The number of aliphatic hydroxyl groups excluding tert-OH is 1. The summed E-state index contributed by atoms with van der Waals surface area (Å²) in [4.78, 5) is -0.401. The lowest BCUT2D eigenvalue weighted by atomic mass is 9.69. The number of hydrogen-bond donors (Lipinski definition) is 1. The monoisotopic (exact) mass is 242 g/mol. The second-order valence-electron chi connectivity index (χ2n) is 6.74. The van der Waals surface area contributed by atoms with Crippen molar-refractivity contribution < 1.29 is 5.11 Å². The van der Waals surface area contributed by atoms with Crippen molar-refractivity contribution in [3.8, 4) is 0 Å². The smallest absolute Gasteiger partial charge is 0.115 e. The van der Waals surface area contributed by atoms with Gasteiger partial charge in [0.1, 0.15) is 5.76 Å². The lowest BCUT2D eigenvalue weighted by Gasteiger charge is -2.42. The van der Waals surface area contributed by atoms with Crippen LogP contribution in [0.3, 0.4) is 0 Å². The molecule has 1 aliphatic carbocycles. The van der Waals surface area contributed by atoms with E-state index < -0.39 is 4.87 Å². The molecule has 92 valence electrons. The Balaban J connectivity index is 3.13. The maximum atomic E-state index is 9.94. The molecule has 16 heavy (non-hydrogen) atoms. The van der Waals surface area contributed by atoms with Crippen LogP contribution < -0.4 is 0 Å². The third-order valence-electron chi connectivity index (χ3n) is 3.40. The van der Waals surface area contributed by atoms with Crippen molar-refractivity contribution in [2.24, 2.45) is 10.8 Å². The summed E-state index contributed by atoms with van der Waals surface area (Å²) in [5.74, 6) is 0.382. The van der Waals surface area contributed by atoms with E-state index in [1.54, 1.807) is 6.08 Å². The Morgan fingerprint density at radius 3 is 2.06 bits per heavy atom. The van der Waals surface area contributed by atoms with E-state index in [4.69, 9.17) is 11.6 Å². The molecule has 1 aliphatic rings. The molecule has 0 aromatic carbocycles. The van der Waals surface area contributed by atoms with Gasteiger partial charge in [0, 0.05) is 0 Å². The Hall–Kier alpha value is -0.430. The summed E-state index contributed by atoms with van der Waals surface area (Å²) in [6.45, 7) is 12.7. The predicted molar refractivity (Wildman–Crippen MR) is 70.9 cm³/mol. The fourth-order valence-corrected chi connectivity index (χ4v) is 2.08. The van der Waals surface area contributed by atoms with E-state index >= 15 is 0 Å². The maximum absolute atomic E-state index is 9.94. The number of halogens is 1. The normalized spacial score (nSPS) is 27.4. The van der Waals surface area contributed by atoms with Gasteiger partial charge in [0.15, 0.2) is 0 Å². The minimum absolute atomic E-state index is 0.0255. The van der Waals surface area contributed by atoms with Crippen LogP contribution in [-0.2, 0) is 0 Å². The van der Waals surface area contributed by atoms with Gasteiger partial charge in [-0.2, -0.15) is 0 Å². The summed E-state index contributed by atoms with van der Waals surface area (Å²) in [6, 6.07) is 0. The zero-order chi connectivity index (χ0) is 12.8. The van der Waals surface area contributed by atoms with E-state index in [9.17, 15) is 5.11 Å². The van der Waals surface area contributed by atoms with E-state index in [1.807, 2.05) is 6.08 Å². The molecule has 1 unspecified atom stereocenters. The van der Waals surface area contributed by atoms with Crippen LogP contribution in [0.5, 0.6) is 0 Å². The summed E-state index contributed by atoms with van der Waals surface area (Å²) in [5, 5.41) is 9.94. The highest BCUT2D eigenvalue weighted by molar-refractivity contribution is 6.26. The standard InChI is InChI=1S/C14H23ClO/c1-12(2,3)10-9-14(15,13(4,5)6)8-7-11(10)16/h7-8,16H,9H2,1-6H3. The Kier molecular flexibility index (Phi) is 3.24. The summed E-state index contributed by atoms with van der Waals surface area (Å²) in [7, 11) is 0. The molecule has 1 rings (SSSR count). The third kappa shape index (κ3) is 2.45. The van der Waals surface area contributed by atoms with Gasteiger partial charge < -0.3 is 5.11 Å². The van der Waals surface area contributed by atoms with Gasteiger partial charge in [-0.3, -0.25) is 0 Å². The van der Waals surface area contributed by atoms with Crippen LogP contribution in [0.15, 0.2) is 23.5 Å². The maximum Gasteiger partial charge on any atom is 0.115 e. The molecule has 0 radical (unpaired) electrons. The van der Waals surface area contributed by atoms with E-state index in [0.29, 0.717) is 12.2 Å². The van der Waals surface area contributed by atoms with Crippen molar-refractivity contribution in [2.75, 3.05) is 0 Å². The molecule has 2 heteroatoms. The Morgan fingerprint density at radius 1 is 1.19 bits per heavy atom. The average Bonchev–Trinajstić information content (AvgIpc) is 2.05. The lowest BCUT2D eigenvalue weighted by molar-refractivity contribution is 0.285. The largest absolute Gasteiger partial charge is 0.508 e. The van der Waals surface area contributed by atoms with E-state index in [2.05, 4.69) is 41.5 Å². The SMILES string of the molecule is CC(C)(C)C1=C(O)C=CC(Cl)(C(C)(C)C)C1. The summed E-state index contributed by atoms with van der Waals surface area (Å²) < 4.78 is 0. The Bertz CT molecular complexity index is 339. The topological polar surface area (TPSA) is 20.2 Å². The highest BCUT2D eigenvalue weighted by atomic mass is 35.5. The summed E-state index contributed by atoms with van der Waals surface area (Å²) in [6.07, 6.45) is 4.39. The second-order valence-corrected chi connectivity index (χ2v) is 7.41. The van der Waals surface area contributed by atoms with E-state index in [0.717, 1.165) is 5.57 Å². The first kappa shape index (κ1) is 13.6. The van der Waals surface area contributed by atoms with Gasteiger partial charge >= 0.3 is 0 Å². The third-order valence-corrected chi connectivity index (χ3v) is 4.23. The molecule has 0 saturated carbocycles. The molecule has 1 atom stereocenters. The van der Waals surface area contributed by atoms with Gasteiger partial charge in [-0.1, -0.05) is 47.6 Å². The van der Waals surface area contributed by atoms with Gasteiger partial charge in [0.25, 0.3) is 0 Å². The first-order valence-corrected chi connectivity index (χ1v) is 6.16. The molecule has 0 fully saturated rings. The molecule has 0 aliphatic heterocycles. The second kappa shape index (κ2) is 3.80. The number of rotatable bonds is 0. The molecule has 0 saturated heterocycles. The van der Waals surface area contributed by atoms with Gasteiger partial charge in [-0.05, 0) is 28.9 Å². The first-order chi connectivity index (χ1) is 6.97. The van der Waals surface area contributed by atoms with Gasteiger partial charge in [-0.15, -0.1) is 11.6 Å². The summed E-state index contributed by atoms with van der Waals surface area (Å²) >= 11 is 6.69. The molecular weight excluding hydrogens is 220 g/mol. The molecule has 0 spiro atoms. The van der Waals surface area contributed by atoms with Crippen molar-refractivity contribution in [3.05, 3.63) is 23.5 Å². The molecule has 1 nitrogen and oxygen atoms in total. The quantitative estimate of drug-likeness (QED) is 0.604. The van der Waals surface area contributed by atoms with Crippen molar-refractivity contribution in [2.45, 2.75) is 52.8 Å². The number of alkyl halides is 1. The molecule has 0 heterocycles. The molecule has 0 bridgehead atoms. The van der Waals surface area contributed by atoms with Crippen LogP contribution in [0.1, 0.15) is 48.0 Å². The lowest BCUT2D eigenvalue weighted by Crippen LogP contribution is -2.39. The Morgan fingerprint density at radius 2 is 1.69 bits per heavy atom. The highest BCUT2D eigenvalue weighted by Gasteiger charge is 2.42. The number of aliphatic hydroxyl groups is 1. The fraction of sp³-hybridized carbons (Fsp3) is 0.714. The highest BCUT2D eigenvalue weighted by Crippen LogP contribution is 2.48. The molecule has 0 aromatic heterocycles. The van der Waals surface area contributed by atoms with Crippen molar-refractivity contribution in [1.82, 2.24) is 0 Å². The van der Waals surface area contributed by atoms with Crippen LogP contribution in [0.4, 0.5) is 0 Å². The minimum Gasteiger partial charge on any atom is -0.508 e. The van der Waals surface area contributed by atoms with Gasteiger partial charge in [0.05, 0.1) is 4.87 Å². The molecule has 0 amide bonds. The van der Waals surface area contributed by atoms with Crippen LogP contribution in [0, 0.1) is 10.8 Å². The number of allylic oxidation sites excluding steroid dienone is 3. The zero-order valence-corrected chi connectivity index (χ0v) is 11.9. The van der Waals surface area contributed by atoms with Crippen molar-refractivity contribution >= 4 is 11.6 Å². The van der Waals surface area contributed by atoms with Gasteiger partial charge in [-0.25, -0.2) is 0 Å². The number of hydrogen-bond acceptors (Lipinski definition) is 1. The van der Waals surface area contributed by atoms with Crippen molar-refractivity contribution in [1.29, 1.82) is 0 Å². The van der Waals surface area contributed by atoms with Crippen LogP contribution in [0.25, 0.3) is 0 Å². The first-order valence-electron chi connectivity index (χ1n) is 5.78. The van der Waals surface area contributed by atoms with Gasteiger partial charge in [0.2, 0.25) is 0 Å². The van der Waals surface area contributed by atoms with Crippen LogP contribution in [-0.4, -0.2) is 9.98 Å². The van der Waals surface area contributed by atoms with Crippen LogP contribution in [0.2, 0.25) is 0 Å². The minimum atomic E-state index is -0.401. The molecule has 1 N–H and O–H groups in total. The molecular formula is C14H23ClO. The predicted octanol–water partition coefficient (Wildman–Crippen LogP) is 4.83. The Labute approximate surface area is 104 Å². The summed E-state index contributed by atoms with van der Waals surface area (Å²) in [5.41, 5.74) is 0.975. The van der Waals surface area contributed by atoms with E-state index in [-0.39, 0.29) is 10.8 Å². The van der Waals surface area contributed by atoms with Crippen molar-refractivity contribution in [3.63, 3.8) is 0 Å². The molecule has 0 aromatic rings. The fourth-order valence-electron chi connectivity index (χ4n) is 1.88. The van der Waals surface area contributed by atoms with E-state index in [1.165, 1.54) is 0 Å². The average molecular weight is 243 g/mol.